The van der Waals surface area contributed by atoms with Gasteiger partial charge in [0.15, 0.2) is 0 Å². The lowest BCUT2D eigenvalue weighted by Gasteiger charge is -2.67. The summed E-state index contributed by atoms with van der Waals surface area (Å²) in [4.78, 5) is 25.4. The van der Waals surface area contributed by atoms with E-state index in [-0.39, 0.29) is 10.8 Å². The van der Waals surface area contributed by atoms with Crippen LogP contribution in [0.5, 0.6) is 0 Å². The van der Waals surface area contributed by atoms with Gasteiger partial charge in [-0.15, -0.1) is 6.58 Å². The summed E-state index contributed by atoms with van der Waals surface area (Å²) < 4.78 is 0. The molecule has 0 aliphatic heterocycles. The molecule has 0 bridgehead atoms. The molecule has 9 atom stereocenters. The van der Waals surface area contributed by atoms with Crippen molar-refractivity contribution in [1.82, 2.24) is 5.32 Å². The molecular weight excluding hydrogens is 602 g/mol. The molecular formula is C42H54ClNO3. The minimum atomic E-state index is -0.868. The first kappa shape index (κ1) is 34.0. The fraction of sp³-hybridized carbons (Fsp3) is 0.571. The molecule has 0 heterocycles. The number of carbonyl (C=O) groups excluding carboxylic acids is 1. The van der Waals surface area contributed by atoms with Crippen LogP contribution < -0.4 is 5.32 Å². The molecule has 5 aliphatic rings. The molecule has 4 saturated carbocycles. The third-order valence-corrected chi connectivity index (χ3v) is 14.2. The molecule has 5 heteroatoms. The topological polar surface area (TPSA) is 66.4 Å². The Labute approximate surface area is 287 Å². The van der Waals surface area contributed by atoms with Crippen LogP contribution in [-0.2, 0) is 11.3 Å². The Morgan fingerprint density at radius 2 is 1.60 bits per heavy atom. The van der Waals surface area contributed by atoms with Crippen molar-refractivity contribution in [3.63, 3.8) is 0 Å². The molecule has 47 heavy (non-hydrogen) atoms. The number of halogens is 1. The van der Waals surface area contributed by atoms with E-state index in [0.717, 1.165) is 29.8 Å². The van der Waals surface area contributed by atoms with Crippen LogP contribution in [-0.4, -0.2) is 17.0 Å². The summed E-state index contributed by atoms with van der Waals surface area (Å²) in [6, 6.07) is 15.4. The fourth-order valence-corrected chi connectivity index (χ4v) is 12.1. The fourth-order valence-electron chi connectivity index (χ4n) is 12.0. The molecule has 4 nitrogen and oxygen atoms in total. The molecule has 4 fully saturated rings. The highest BCUT2D eigenvalue weighted by Crippen LogP contribution is 2.72. The number of carboxylic acid groups (broad SMARTS) is 1. The third kappa shape index (κ3) is 5.81. The average molecular weight is 656 g/mol. The Kier molecular flexibility index (Phi) is 9.57. The van der Waals surface area contributed by atoms with Gasteiger partial charge in [-0.05, 0) is 152 Å². The molecule has 5 aliphatic carbocycles. The van der Waals surface area contributed by atoms with E-state index in [1.165, 1.54) is 56.1 Å². The van der Waals surface area contributed by atoms with Gasteiger partial charge in [0.25, 0.3) is 0 Å². The maximum atomic E-state index is 14.0. The van der Waals surface area contributed by atoms with Crippen molar-refractivity contribution < 1.29 is 14.7 Å². The highest BCUT2D eigenvalue weighted by Gasteiger charge is 2.65. The van der Waals surface area contributed by atoms with Crippen LogP contribution >= 0.6 is 11.6 Å². The van der Waals surface area contributed by atoms with Crippen molar-refractivity contribution in [3.8, 4) is 0 Å². The average Bonchev–Trinajstić information content (AvgIpc) is 3.51. The zero-order chi connectivity index (χ0) is 33.6. The summed E-state index contributed by atoms with van der Waals surface area (Å²) in [5.74, 6) is 3.13. The van der Waals surface area contributed by atoms with E-state index in [0.29, 0.717) is 58.9 Å². The van der Waals surface area contributed by atoms with E-state index >= 15 is 0 Å². The van der Waals surface area contributed by atoms with E-state index in [1.807, 2.05) is 43.3 Å². The van der Waals surface area contributed by atoms with Crippen molar-refractivity contribution in [2.24, 2.45) is 51.8 Å². The minimum absolute atomic E-state index is 0.189. The third-order valence-electron chi connectivity index (χ3n) is 14.0. The number of amides is 1. The second-order valence-electron chi connectivity index (χ2n) is 16.0. The summed E-state index contributed by atoms with van der Waals surface area (Å²) >= 11 is 6.08. The first-order valence-corrected chi connectivity index (χ1v) is 18.5. The van der Waals surface area contributed by atoms with Gasteiger partial charge >= 0.3 is 5.97 Å². The van der Waals surface area contributed by atoms with Crippen LogP contribution in [0.3, 0.4) is 0 Å². The van der Waals surface area contributed by atoms with Crippen LogP contribution in [0.15, 0.2) is 67.3 Å². The van der Waals surface area contributed by atoms with Gasteiger partial charge in [0, 0.05) is 11.6 Å². The monoisotopic (exact) mass is 655 g/mol. The number of hydrogen-bond donors (Lipinski definition) is 2. The SMILES string of the molecule is C=CC.CC1C(c2ccc(C(=O)O)cc2)=CCC2(C)C1CCC1(C)C3CCC4(C(=O)NCc5ccc(Cl)cc5)CCCC4C3CCC21. The van der Waals surface area contributed by atoms with Gasteiger partial charge in [0.05, 0.1) is 11.0 Å². The van der Waals surface area contributed by atoms with Crippen LogP contribution in [0, 0.1) is 51.8 Å². The predicted molar refractivity (Wildman–Crippen MR) is 192 cm³/mol. The van der Waals surface area contributed by atoms with E-state index in [2.05, 4.69) is 38.7 Å². The number of fused-ring (bicyclic) bond motifs is 7. The molecule has 2 aromatic carbocycles. The van der Waals surface area contributed by atoms with Gasteiger partial charge in [-0.25, -0.2) is 4.79 Å². The lowest BCUT2D eigenvalue weighted by molar-refractivity contribution is -0.175. The number of carboxylic acids is 1. The lowest BCUT2D eigenvalue weighted by atomic mass is 9.38. The zero-order valence-corrected chi connectivity index (χ0v) is 29.6. The number of aromatic carboxylic acids is 1. The zero-order valence-electron chi connectivity index (χ0n) is 28.9. The Hall–Kier alpha value is -2.85. The number of benzene rings is 2. The van der Waals surface area contributed by atoms with Crippen molar-refractivity contribution in [2.75, 3.05) is 0 Å². The van der Waals surface area contributed by atoms with Gasteiger partial charge in [-0.3, -0.25) is 4.79 Å². The molecule has 2 N–H and O–H groups in total. The maximum Gasteiger partial charge on any atom is 0.335 e. The van der Waals surface area contributed by atoms with Crippen LogP contribution in [0.2, 0.25) is 5.02 Å². The van der Waals surface area contributed by atoms with Crippen LogP contribution in [0.4, 0.5) is 0 Å². The van der Waals surface area contributed by atoms with Crippen LogP contribution in [0.1, 0.15) is 113 Å². The van der Waals surface area contributed by atoms with Crippen molar-refractivity contribution in [2.45, 2.75) is 98.4 Å². The smallest absolute Gasteiger partial charge is 0.335 e. The number of hydrogen-bond acceptors (Lipinski definition) is 2. The molecule has 1 amide bonds. The standard InChI is InChI=1S/C39H48ClNO3.C3H6/c1-24-29(26-8-10-27(11-9-26)35(42)43)16-20-37(2)31(24)17-21-38(3)32-18-22-39(19-4-5-33(39)30(32)14-15-34(37)38)36(44)41-23-25-6-12-28(40)13-7-25;1-3-2/h6-13,16,24,30-34H,4-5,14-15,17-23H2,1-3H3,(H,41,44)(H,42,43);3H,1H2,2H3. The van der Waals surface area contributed by atoms with Crippen molar-refractivity contribution >= 4 is 29.1 Å². The Bertz CT molecular complexity index is 1510. The van der Waals surface area contributed by atoms with Crippen molar-refractivity contribution in [1.29, 1.82) is 0 Å². The molecule has 9 unspecified atom stereocenters. The summed E-state index contributed by atoms with van der Waals surface area (Å²) in [6.45, 7) is 13.5. The summed E-state index contributed by atoms with van der Waals surface area (Å²) in [6.07, 6.45) is 16.1. The number of rotatable bonds is 5. The normalized spacial score (nSPS) is 37.0. The van der Waals surface area contributed by atoms with Crippen LogP contribution in [0.25, 0.3) is 5.57 Å². The Morgan fingerprint density at radius 3 is 2.28 bits per heavy atom. The molecule has 0 aromatic heterocycles. The Balaban J connectivity index is 0.00000124. The summed E-state index contributed by atoms with van der Waals surface area (Å²) in [7, 11) is 0. The number of allylic oxidation sites excluding steroid dienone is 3. The number of carbonyl (C=O) groups is 2. The minimum Gasteiger partial charge on any atom is -0.478 e. The second-order valence-corrected chi connectivity index (χ2v) is 16.4. The summed E-state index contributed by atoms with van der Waals surface area (Å²) in [5.41, 5.74) is 4.46. The van der Waals surface area contributed by atoms with E-state index in [4.69, 9.17) is 11.6 Å². The summed E-state index contributed by atoms with van der Waals surface area (Å²) in [5, 5.41) is 13.5. The second kappa shape index (κ2) is 13.2. The highest BCUT2D eigenvalue weighted by atomic mass is 35.5. The molecule has 252 valence electrons. The molecule has 2 aromatic rings. The highest BCUT2D eigenvalue weighted by molar-refractivity contribution is 6.30. The van der Waals surface area contributed by atoms with E-state index in [9.17, 15) is 14.7 Å². The van der Waals surface area contributed by atoms with E-state index in [1.54, 1.807) is 18.2 Å². The van der Waals surface area contributed by atoms with Gasteiger partial charge in [-0.1, -0.05) is 75.2 Å². The van der Waals surface area contributed by atoms with Gasteiger partial charge in [0.2, 0.25) is 5.91 Å². The largest absolute Gasteiger partial charge is 0.478 e. The molecule has 0 spiro atoms. The maximum absolute atomic E-state index is 14.0. The van der Waals surface area contributed by atoms with E-state index < -0.39 is 5.97 Å². The molecule has 0 saturated heterocycles. The first-order valence-electron chi connectivity index (χ1n) is 18.1. The lowest BCUT2D eigenvalue weighted by Crippen LogP contribution is -2.61. The molecule has 0 radical (unpaired) electrons. The predicted octanol–water partition coefficient (Wildman–Crippen LogP) is 10.6. The van der Waals surface area contributed by atoms with Gasteiger partial charge in [-0.2, -0.15) is 0 Å². The number of nitrogens with one attached hydrogen (secondary N) is 1. The first-order chi connectivity index (χ1) is 22.5. The van der Waals surface area contributed by atoms with Gasteiger partial charge < -0.3 is 10.4 Å². The van der Waals surface area contributed by atoms with Gasteiger partial charge in [0.1, 0.15) is 0 Å². The quantitative estimate of drug-likeness (QED) is 0.315. The molecule has 7 rings (SSSR count). The van der Waals surface area contributed by atoms with Crippen molar-refractivity contribution in [3.05, 3.63) is 89.0 Å². The Morgan fingerprint density at radius 1 is 0.915 bits per heavy atom.